The first kappa shape index (κ1) is 42.3. The van der Waals surface area contributed by atoms with Gasteiger partial charge in [-0.2, -0.15) is 0 Å². The van der Waals surface area contributed by atoms with Crippen LogP contribution >= 0.6 is 11.8 Å². The van der Waals surface area contributed by atoms with Gasteiger partial charge in [0.15, 0.2) is 0 Å². The number of benzene rings is 11. The molecule has 2 nitrogen and oxygen atoms in total. The van der Waals surface area contributed by atoms with E-state index in [-0.39, 0.29) is 0 Å². The van der Waals surface area contributed by atoms with Crippen LogP contribution in [0.3, 0.4) is 0 Å². The van der Waals surface area contributed by atoms with Crippen LogP contribution in [0, 0.1) is 0 Å². The highest BCUT2D eigenvalue weighted by atomic mass is 32.2. The van der Waals surface area contributed by atoms with E-state index in [2.05, 4.69) is 278 Å². The fourth-order valence-corrected chi connectivity index (χ4v) is 13.1. The Hall–Kier alpha value is -8.63. The van der Waals surface area contributed by atoms with Crippen LogP contribution in [0.2, 0.25) is 0 Å². The number of thioether (sulfide) groups is 1. The highest BCUT2D eigenvalue weighted by molar-refractivity contribution is 7.99. The van der Waals surface area contributed by atoms with Gasteiger partial charge in [-0.15, -0.1) is 0 Å². The third-order valence-corrected chi connectivity index (χ3v) is 16.3. The van der Waals surface area contributed by atoms with Gasteiger partial charge in [0.1, 0.15) is 11.7 Å². The predicted molar refractivity (Wildman–Crippen MR) is 298 cm³/mol. The van der Waals surface area contributed by atoms with E-state index >= 15 is 0 Å². The van der Waals surface area contributed by atoms with Crippen molar-refractivity contribution in [1.82, 2.24) is 0 Å². The fourth-order valence-electron chi connectivity index (χ4n) is 12.3. The third kappa shape index (κ3) is 6.44. The van der Waals surface area contributed by atoms with Crippen molar-refractivity contribution in [2.75, 3.05) is 10.8 Å². The average molecular weight is 938 g/mol. The zero-order valence-electron chi connectivity index (χ0n) is 39.5. The minimum atomic E-state index is -0.458. The largest absolute Gasteiger partial charge is 0.481 e. The second-order valence-electron chi connectivity index (χ2n) is 19.0. The van der Waals surface area contributed by atoms with E-state index in [9.17, 15) is 0 Å². The maximum atomic E-state index is 5.97. The lowest BCUT2D eigenvalue weighted by atomic mass is 9.67. The smallest absolute Gasteiger partial charge is 0.138 e. The van der Waals surface area contributed by atoms with Crippen molar-refractivity contribution in [3.8, 4) is 50.3 Å². The summed E-state index contributed by atoms with van der Waals surface area (Å²) < 4.78 is 5.97. The highest BCUT2D eigenvalue weighted by Crippen LogP contribution is 2.58. The molecule has 0 saturated heterocycles. The number of anilines is 3. The second-order valence-corrected chi connectivity index (χ2v) is 20.0. The summed E-state index contributed by atoms with van der Waals surface area (Å²) in [7, 11) is 0. The van der Waals surface area contributed by atoms with E-state index < -0.39 is 10.8 Å². The first-order valence-corrected chi connectivity index (χ1v) is 25.8. The van der Waals surface area contributed by atoms with Gasteiger partial charge in [0, 0.05) is 17.1 Å². The molecule has 0 N–H and O–H groups in total. The van der Waals surface area contributed by atoms with Crippen LogP contribution in [0.1, 0.15) is 44.5 Å². The fraction of sp³-hybridized carbons (Fsp3) is 0.0435. The molecule has 72 heavy (non-hydrogen) atoms. The summed E-state index contributed by atoms with van der Waals surface area (Å²) in [6.45, 7) is 0. The summed E-state index contributed by atoms with van der Waals surface area (Å²) in [4.78, 5) is 3.53. The zero-order chi connectivity index (χ0) is 47.6. The molecule has 3 heteroatoms. The summed E-state index contributed by atoms with van der Waals surface area (Å²) >= 11 is 1.74. The maximum Gasteiger partial charge on any atom is 0.138 e. The predicted octanol–water partition coefficient (Wildman–Crippen LogP) is 17.7. The summed E-state index contributed by atoms with van der Waals surface area (Å²) in [6, 6.07) is 101. The molecule has 11 aromatic carbocycles. The van der Waals surface area contributed by atoms with Gasteiger partial charge in [0.25, 0.3) is 0 Å². The third-order valence-electron chi connectivity index (χ3n) is 15.4. The molecule has 0 fully saturated rings. The van der Waals surface area contributed by atoms with Gasteiger partial charge >= 0.3 is 0 Å². The minimum absolute atomic E-state index is 0.458. The molecule has 0 saturated carbocycles. The Kier molecular flexibility index (Phi) is 10.0. The number of hydrogen-bond acceptors (Lipinski definition) is 3. The molecule has 340 valence electrons. The van der Waals surface area contributed by atoms with Crippen molar-refractivity contribution in [2.24, 2.45) is 0 Å². The first-order chi connectivity index (χ1) is 35.7. The second kappa shape index (κ2) is 17.1. The highest BCUT2D eigenvalue weighted by Gasteiger charge is 2.47. The number of hydrogen-bond donors (Lipinski definition) is 0. The molecule has 0 amide bonds. The molecule has 0 atom stereocenters. The van der Waals surface area contributed by atoms with Crippen LogP contribution in [-0.4, -0.2) is 5.94 Å². The van der Waals surface area contributed by atoms with E-state index in [0.717, 1.165) is 27.7 Å². The number of nitrogens with zero attached hydrogens (tertiary/aromatic N) is 1. The van der Waals surface area contributed by atoms with Crippen LogP contribution < -0.4 is 9.64 Å². The SMILES string of the molecule is c1ccc(C2(c3ccccc3)c3ccccc3-c3ccc(-c4ccc(N(c5ccc(-c6ccc7c(c6)C(c6ccccc6)(c6ccccc6)c6ccccc6-7)cc5)c5ccc6c(c5)SCO6)cc4)cc32)cc1. The van der Waals surface area contributed by atoms with Gasteiger partial charge in [-0.25, -0.2) is 0 Å². The quantitative estimate of drug-likeness (QED) is 0.143. The van der Waals surface area contributed by atoms with Crippen molar-refractivity contribution in [2.45, 2.75) is 15.7 Å². The number of fused-ring (bicyclic) bond motifs is 7. The van der Waals surface area contributed by atoms with E-state index in [1.807, 2.05) is 0 Å². The summed E-state index contributed by atoms with van der Waals surface area (Å²) in [5.41, 5.74) is 22.5. The molecule has 1 heterocycles. The topological polar surface area (TPSA) is 12.5 Å². The van der Waals surface area contributed by atoms with Crippen LogP contribution in [-0.2, 0) is 10.8 Å². The van der Waals surface area contributed by atoms with Gasteiger partial charge in [0.2, 0.25) is 0 Å². The molecular formula is C69H47NOS. The van der Waals surface area contributed by atoms with Crippen LogP contribution in [0.4, 0.5) is 17.1 Å². The molecular weight excluding hydrogens is 891 g/mol. The molecule has 2 aliphatic carbocycles. The van der Waals surface area contributed by atoms with Gasteiger partial charge in [-0.1, -0.05) is 230 Å². The molecule has 14 rings (SSSR count). The van der Waals surface area contributed by atoms with Gasteiger partial charge in [-0.3, -0.25) is 0 Å². The molecule has 0 unspecified atom stereocenters. The van der Waals surface area contributed by atoms with E-state index in [1.54, 1.807) is 11.8 Å². The lowest BCUT2D eigenvalue weighted by Crippen LogP contribution is -2.28. The normalized spacial score (nSPS) is 14.1. The maximum absolute atomic E-state index is 5.97. The van der Waals surface area contributed by atoms with Crippen molar-refractivity contribution >= 4 is 28.8 Å². The summed E-state index contributed by atoms with van der Waals surface area (Å²) in [5.74, 6) is 1.57. The number of ether oxygens (including phenoxy) is 1. The molecule has 0 spiro atoms. The van der Waals surface area contributed by atoms with E-state index in [4.69, 9.17) is 4.74 Å². The first-order valence-electron chi connectivity index (χ1n) is 24.8. The summed E-state index contributed by atoms with van der Waals surface area (Å²) in [6.07, 6.45) is 0. The van der Waals surface area contributed by atoms with Crippen molar-refractivity contribution in [1.29, 1.82) is 0 Å². The molecule has 11 aromatic rings. The molecule has 0 bridgehead atoms. The molecule has 0 aromatic heterocycles. The van der Waals surface area contributed by atoms with Gasteiger partial charge in [0.05, 0.1) is 15.7 Å². The van der Waals surface area contributed by atoms with Gasteiger partial charge < -0.3 is 9.64 Å². The monoisotopic (exact) mass is 937 g/mol. The number of rotatable bonds is 9. The molecule has 3 aliphatic rings. The Morgan fingerprint density at radius 2 is 0.667 bits per heavy atom. The van der Waals surface area contributed by atoms with Crippen molar-refractivity contribution < 1.29 is 4.74 Å². The van der Waals surface area contributed by atoms with Gasteiger partial charge in [-0.05, 0) is 144 Å². The Morgan fingerprint density at radius 3 is 1.10 bits per heavy atom. The van der Waals surface area contributed by atoms with Crippen LogP contribution in [0.15, 0.2) is 278 Å². The van der Waals surface area contributed by atoms with Crippen molar-refractivity contribution in [3.05, 3.63) is 317 Å². The lowest BCUT2D eigenvalue weighted by Gasteiger charge is -2.34. The molecule has 0 radical (unpaired) electrons. The summed E-state index contributed by atoms with van der Waals surface area (Å²) in [5, 5.41) is 0. The minimum Gasteiger partial charge on any atom is -0.481 e. The van der Waals surface area contributed by atoms with E-state index in [0.29, 0.717) is 5.94 Å². The zero-order valence-corrected chi connectivity index (χ0v) is 40.3. The average Bonchev–Trinajstić information content (AvgIpc) is 4.15. The van der Waals surface area contributed by atoms with E-state index in [1.165, 1.54) is 89.0 Å². The van der Waals surface area contributed by atoms with Crippen molar-refractivity contribution in [3.63, 3.8) is 0 Å². The lowest BCUT2D eigenvalue weighted by molar-refractivity contribution is 0.397. The van der Waals surface area contributed by atoms with Crippen LogP contribution in [0.5, 0.6) is 5.75 Å². The Labute approximate surface area is 425 Å². The molecule has 1 aliphatic heterocycles. The Balaban J connectivity index is 0.857. The van der Waals surface area contributed by atoms with Crippen LogP contribution in [0.25, 0.3) is 44.5 Å². The Bertz CT molecular complexity index is 3510. The Morgan fingerprint density at radius 1 is 0.306 bits per heavy atom. The standard InChI is InChI=1S/C69H47NOS/c1-5-17-51(18-6-1)68(52-19-7-2-8-20-52)62-27-15-13-25-58(62)60-40-33-49(43-64(60)68)47-29-35-55(36-30-47)70(57-39-42-66-67(45-57)72-46-71-66)56-37-31-48(32-38-56)50-34-41-61-59-26-14-16-28-63(59)69(65(61)44-50,53-21-9-3-10-22-53)54-23-11-4-12-24-54/h1-45H,46H2.